The molecule has 1 aromatic heterocycles. The zero-order valence-corrected chi connectivity index (χ0v) is 9.25. The van der Waals surface area contributed by atoms with Crippen LogP contribution < -0.4 is 5.32 Å². The Morgan fingerprint density at radius 3 is 3.00 bits per heavy atom. The number of nitrogens with zero attached hydrogens (tertiary/aromatic N) is 2. The highest BCUT2D eigenvalue weighted by atomic mass is 15.1. The lowest BCUT2D eigenvalue weighted by Gasteiger charge is -2.23. The van der Waals surface area contributed by atoms with Crippen LogP contribution >= 0.6 is 0 Å². The lowest BCUT2D eigenvalue weighted by molar-refractivity contribution is 0.466. The first kappa shape index (κ1) is 9.71. The van der Waals surface area contributed by atoms with Gasteiger partial charge in [-0.05, 0) is 40.2 Å². The standard InChI is InChI=1S/C11H19N3/c1-8(2)14-7-13-11-9(12-3)5-4-6-10(11)14/h7-9,12H,4-6H2,1-3H3. The van der Waals surface area contributed by atoms with Gasteiger partial charge in [0, 0.05) is 11.7 Å². The summed E-state index contributed by atoms with van der Waals surface area (Å²) in [7, 11) is 2.02. The summed E-state index contributed by atoms with van der Waals surface area (Å²) in [5.74, 6) is 0. The van der Waals surface area contributed by atoms with E-state index in [9.17, 15) is 0 Å². The van der Waals surface area contributed by atoms with Gasteiger partial charge in [-0.1, -0.05) is 0 Å². The minimum Gasteiger partial charge on any atom is -0.332 e. The van der Waals surface area contributed by atoms with Gasteiger partial charge in [-0.2, -0.15) is 0 Å². The minimum atomic E-state index is 0.471. The monoisotopic (exact) mass is 193 g/mol. The highest BCUT2D eigenvalue weighted by Crippen LogP contribution is 2.29. The molecule has 1 aliphatic rings. The first-order valence-corrected chi connectivity index (χ1v) is 5.47. The van der Waals surface area contributed by atoms with Gasteiger partial charge in [-0.25, -0.2) is 4.98 Å². The molecule has 1 unspecified atom stereocenters. The number of nitrogens with one attached hydrogen (secondary N) is 1. The average molecular weight is 193 g/mol. The molecular formula is C11H19N3. The van der Waals surface area contributed by atoms with Crippen LogP contribution in [0.5, 0.6) is 0 Å². The second kappa shape index (κ2) is 3.73. The smallest absolute Gasteiger partial charge is 0.0954 e. The number of imidazole rings is 1. The summed E-state index contributed by atoms with van der Waals surface area (Å²) in [6.07, 6.45) is 5.67. The van der Waals surface area contributed by atoms with Crippen LogP contribution in [0.4, 0.5) is 0 Å². The van der Waals surface area contributed by atoms with Gasteiger partial charge < -0.3 is 9.88 Å². The quantitative estimate of drug-likeness (QED) is 0.779. The summed E-state index contributed by atoms with van der Waals surface area (Å²) in [5, 5.41) is 3.34. The van der Waals surface area contributed by atoms with Crippen LogP contribution in [0, 0.1) is 0 Å². The Morgan fingerprint density at radius 1 is 1.57 bits per heavy atom. The van der Waals surface area contributed by atoms with Crippen LogP contribution in [0.25, 0.3) is 0 Å². The Labute approximate surface area is 85.5 Å². The molecule has 0 fully saturated rings. The minimum absolute atomic E-state index is 0.471. The Balaban J connectivity index is 2.37. The summed E-state index contributed by atoms with van der Waals surface area (Å²) in [4.78, 5) is 4.53. The van der Waals surface area contributed by atoms with Crippen molar-refractivity contribution in [3.8, 4) is 0 Å². The predicted molar refractivity (Wildman–Crippen MR) is 57.4 cm³/mol. The number of rotatable bonds is 2. The molecule has 0 spiro atoms. The van der Waals surface area contributed by atoms with E-state index in [1.807, 2.05) is 13.4 Å². The van der Waals surface area contributed by atoms with Crippen molar-refractivity contribution >= 4 is 0 Å². The topological polar surface area (TPSA) is 29.9 Å². The Bertz CT molecular complexity index is 314. The first-order chi connectivity index (χ1) is 6.74. The third-order valence-electron chi connectivity index (χ3n) is 3.07. The molecule has 2 rings (SSSR count). The van der Waals surface area contributed by atoms with E-state index in [2.05, 4.69) is 28.7 Å². The van der Waals surface area contributed by atoms with Crippen molar-refractivity contribution in [2.45, 2.75) is 45.2 Å². The van der Waals surface area contributed by atoms with Crippen molar-refractivity contribution in [1.82, 2.24) is 14.9 Å². The molecule has 3 nitrogen and oxygen atoms in total. The van der Waals surface area contributed by atoms with Gasteiger partial charge in [-0.15, -0.1) is 0 Å². The Kier molecular flexibility index (Phi) is 2.59. The molecule has 0 amide bonds. The molecule has 1 heterocycles. The van der Waals surface area contributed by atoms with E-state index < -0.39 is 0 Å². The fourth-order valence-electron chi connectivity index (χ4n) is 2.29. The second-order valence-electron chi connectivity index (χ2n) is 4.31. The Morgan fingerprint density at radius 2 is 2.36 bits per heavy atom. The van der Waals surface area contributed by atoms with Crippen LogP contribution in [0.15, 0.2) is 6.33 Å². The van der Waals surface area contributed by atoms with Gasteiger partial charge in [0.15, 0.2) is 0 Å². The molecule has 1 atom stereocenters. The van der Waals surface area contributed by atoms with Crippen LogP contribution in [0.3, 0.4) is 0 Å². The van der Waals surface area contributed by atoms with E-state index >= 15 is 0 Å². The molecule has 0 bridgehead atoms. The molecule has 14 heavy (non-hydrogen) atoms. The fourth-order valence-corrected chi connectivity index (χ4v) is 2.29. The molecule has 78 valence electrons. The van der Waals surface area contributed by atoms with Crippen LogP contribution in [-0.4, -0.2) is 16.6 Å². The van der Waals surface area contributed by atoms with Crippen molar-refractivity contribution in [2.75, 3.05) is 7.05 Å². The number of aromatic nitrogens is 2. The molecule has 1 aromatic rings. The van der Waals surface area contributed by atoms with E-state index in [-0.39, 0.29) is 0 Å². The van der Waals surface area contributed by atoms with Crippen LogP contribution in [-0.2, 0) is 6.42 Å². The molecule has 0 saturated carbocycles. The number of hydrogen-bond acceptors (Lipinski definition) is 2. The molecule has 0 aliphatic heterocycles. The van der Waals surface area contributed by atoms with E-state index in [0.29, 0.717) is 12.1 Å². The zero-order chi connectivity index (χ0) is 10.1. The van der Waals surface area contributed by atoms with E-state index in [1.54, 1.807) is 0 Å². The average Bonchev–Trinajstić information content (AvgIpc) is 2.60. The maximum absolute atomic E-state index is 4.53. The van der Waals surface area contributed by atoms with E-state index in [0.717, 1.165) is 0 Å². The van der Waals surface area contributed by atoms with E-state index in [4.69, 9.17) is 0 Å². The molecule has 1 aliphatic carbocycles. The molecule has 1 N–H and O–H groups in total. The highest BCUT2D eigenvalue weighted by Gasteiger charge is 2.23. The van der Waals surface area contributed by atoms with Gasteiger partial charge in [0.2, 0.25) is 0 Å². The van der Waals surface area contributed by atoms with Crippen molar-refractivity contribution < 1.29 is 0 Å². The summed E-state index contributed by atoms with van der Waals surface area (Å²) in [6.45, 7) is 4.43. The highest BCUT2D eigenvalue weighted by molar-refractivity contribution is 5.21. The lowest BCUT2D eigenvalue weighted by Crippen LogP contribution is -2.22. The summed E-state index contributed by atoms with van der Waals surface area (Å²) in [5.41, 5.74) is 2.71. The number of fused-ring (bicyclic) bond motifs is 1. The number of hydrogen-bond donors (Lipinski definition) is 1. The third kappa shape index (κ3) is 1.46. The van der Waals surface area contributed by atoms with Gasteiger partial charge in [-0.3, -0.25) is 0 Å². The summed E-state index contributed by atoms with van der Waals surface area (Å²) < 4.78 is 2.30. The largest absolute Gasteiger partial charge is 0.332 e. The van der Waals surface area contributed by atoms with Crippen LogP contribution in [0.1, 0.15) is 50.2 Å². The zero-order valence-electron chi connectivity index (χ0n) is 9.25. The van der Waals surface area contributed by atoms with Crippen molar-refractivity contribution in [2.24, 2.45) is 0 Å². The Hall–Kier alpha value is -0.830. The van der Waals surface area contributed by atoms with Gasteiger partial charge in [0.05, 0.1) is 18.1 Å². The summed E-state index contributed by atoms with van der Waals surface area (Å²) >= 11 is 0. The third-order valence-corrected chi connectivity index (χ3v) is 3.07. The molecule has 3 heteroatoms. The second-order valence-corrected chi connectivity index (χ2v) is 4.31. The van der Waals surface area contributed by atoms with Crippen molar-refractivity contribution in [3.63, 3.8) is 0 Å². The van der Waals surface area contributed by atoms with Gasteiger partial charge in [0.1, 0.15) is 0 Å². The summed E-state index contributed by atoms with van der Waals surface area (Å²) in [6, 6.07) is 1.00. The molecule has 0 saturated heterocycles. The van der Waals surface area contributed by atoms with Gasteiger partial charge in [0.25, 0.3) is 0 Å². The van der Waals surface area contributed by atoms with Crippen molar-refractivity contribution in [3.05, 3.63) is 17.7 Å². The maximum Gasteiger partial charge on any atom is 0.0954 e. The van der Waals surface area contributed by atoms with Crippen LogP contribution in [0.2, 0.25) is 0 Å². The van der Waals surface area contributed by atoms with E-state index in [1.165, 1.54) is 30.7 Å². The maximum atomic E-state index is 4.53. The predicted octanol–water partition coefficient (Wildman–Crippen LogP) is 2.06. The SMILES string of the molecule is CNC1CCCc2c1ncn2C(C)C. The van der Waals surface area contributed by atoms with Gasteiger partial charge >= 0.3 is 0 Å². The normalized spacial score (nSPS) is 21.3. The molecule has 0 radical (unpaired) electrons. The molecular weight excluding hydrogens is 174 g/mol. The fraction of sp³-hybridized carbons (Fsp3) is 0.727. The first-order valence-electron chi connectivity index (χ1n) is 5.47. The molecule has 0 aromatic carbocycles. The lowest BCUT2D eigenvalue weighted by atomic mass is 9.96. The van der Waals surface area contributed by atoms with Crippen molar-refractivity contribution in [1.29, 1.82) is 0 Å².